The molecule has 3 N–H and O–H groups in total. The topological polar surface area (TPSA) is 141 Å². The normalized spacial score (nSPS) is 42.8. The number of Topliss-reactive ketones (excluding diaryl/α,β-unsaturated/α-hetero) is 1. The fourth-order valence-corrected chi connectivity index (χ4v) is 6.04. The fraction of sp³-hybridized carbons (Fsp3) is 0.654. The van der Waals surface area contributed by atoms with E-state index in [-0.39, 0.29) is 29.9 Å². The van der Waals surface area contributed by atoms with Crippen molar-refractivity contribution in [1.29, 1.82) is 0 Å². The Hall–Kier alpha value is -2.53. The predicted octanol–water partition coefficient (Wildman–Crippen LogP) is 1.34. The highest BCUT2D eigenvalue weighted by molar-refractivity contribution is 6.25. The highest BCUT2D eigenvalue weighted by atomic mass is 16.8. The van der Waals surface area contributed by atoms with Crippen molar-refractivity contribution in [2.45, 2.75) is 70.9 Å². The van der Waals surface area contributed by atoms with Crippen molar-refractivity contribution in [2.24, 2.45) is 23.7 Å². The lowest BCUT2D eigenvalue weighted by Crippen LogP contribution is -2.71. The number of aliphatic hydroxyl groups is 2. The molecular formula is C26H35NO9. The van der Waals surface area contributed by atoms with Crippen molar-refractivity contribution in [1.82, 2.24) is 5.32 Å². The maximum atomic E-state index is 12.8. The van der Waals surface area contributed by atoms with Gasteiger partial charge < -0.3 is 34.5 Å². The van der Waals surface area contributed by atoms with Crippen LogP contribution in [0.2, 0.25) is 0 Å². The molecule has 4 aliphatic heterocycles. The number of nitrogens with one attached hydrogen (secondary N) is 1. The number of carbonyl (C=O) groups excluding carboxylic acids is 3. The first kappa shape index (κ1) is 26.5. The van der Waals surface area contributed by atoms with E-state index < -0.39 is 65.6 Å². The Kier molecular flexibility index (Phi) is 7.18. The van der Waals surface area contributed by atoms with Crippen LogP contribution in [0.15, 0.2) is 35.1 Å². The van der Waals surface area contributed by atoms with Crippen LogP contribution in [0.1, 0.15) is 34.6 Å². The summed E-state index contributed by atoms with van der Waals surface area (Å²) in [6.45, 7) is 9.25. The molecule has 36 heavy (non-hydrogen) atoms. The first-order valence-corrected chi connectivity index (χ1v) is 12.3. The number of aliphatic hydroxyl groups excluding tert-OH is 2. The minimum atomic E-state index is -1.38. The summed E-state index contributed by atoms with van der Waals surface area (Å²) >= 11 is 0. The second kappa shape index (κ2) is 9.74. The monoisotopic (exact) mass is 505 g/mol. The summed E-state index contributed by atoms with van der Waals surface area (Å²) < 4.78 is 24.1. The minimum absolute atomic E-state index is 0.125. The molecule has 0 aromatic rings. The smallest absolute Gasteiger partial charge is 0.316 e. The van der Waals surface area contributed by atoms with E-state index in [2.05, 4.69) is 5.32 Å². The van der Waals surface area contributed by atoms with Gasteiger partial charge in [0.05, 0.1) is 38.1 Å². The standard InChI is InChI=1S/C26H35NO9/c1-11(7-8-16(28)18-17(29)10-27-24(18)31)9-12(2)21-14(4)22-20(30)13(3)23-26(35-21,36-22)19(15(5)34-23)25(32)33-6/h7-9,12-15,19-23,28,30H,10H2,1-6H3,(H,27,31)/b8-7+,11-9+,18-16?/t12-,13+,14+,15+,19+,20+,21+,22+,23-,26+/m0/s1. The van der Waals surface area contributed by atoms with E-state index in [0.29, 0.717) is 0 Å². The number of fused-ring (bicyclic) bond motifs is 1. The van der Waals surface area contributed by atoms with Gasteiger partial charge in [-0.25, -0.2) is 0 Å². The van der Waals surface area contributed by atoms with Crippen molar-refractivity contribution < 1.29 is 43.5 Å². The summed E-state index contributed by atoms with van der Waals surface area (Å²) in [5.41, 5.74) is 0.509. The first-order chi connectivity index (χ1) is 16.9. The number of allylic oxidation sites excluding steroid dienone is 3. The second-order valence-corrected chi connectivity index (χ2v) is 10.3. The molecule has 4 heterocycles. The van der Waals surface area contributed by atoms with Crippen LogP contribution in [0.25, 0.3) is 0 Å². The predicted molar refractivity (Wildman–Crippen MR) is 126 cm³/mol. The van der Waals surface area contributed by atoms with E-state index in [9.17, 15) is 24.6 Å². The molecule has 0 saturated carbocycles. The lowest BCUT2D eigenvalue weighted by atomic mass is 9.73. The molecular weight excluding hydrogens is 470 g/mol. The van der Waals surface area contributed by atoms with Crippen LogP contribution in [0.3, 0.4) is 0 Å². The van der Waals surface area contributed by atoms with E-state index in [1.165, 1.54) is 13.2 Å². The Labute approximate surface area is 210 Å². The van der Waals surface area contributed by atoms with Crippen molar-refractivity contribution >= 4 is 17.7 Å². The van der Waals surface area contributed by atoms with Crippen LogP contribution in [0.4, 0.5) is 0 Å². The van der Waals surface area contributed by atoms with E-state index in [0.717, 1.165) is 5.57 Å². The third kappa shape index (κ3) is 4.19. The molecule has 0 unspecified atom stereocenters. The Morgan fingerprint density at radius 2 is 1.89 bits per heavy atom. The Bertz CT molecular complexity index is 1010. The van der Waals surface area contributed by atoms with Crippen molar-refractivity contribution in [3.8, 4) is 0 Å². The average molecular weight is 506 g/mol. The number of ketones is 1. The number of ether oxygens (including phenoxy) is 4. The molecule has 198 valence electrons. The molecule has 0 aliphatic carbocycles. The zero-order chi connectivity index (χ0) is 26.5. The third-order valence-corrected chi connectivity index (χ3v) is 7.87. The van der Waals surface area contributed by atoms with E-state index in [1.807, 2.05) is 33.8 Å². The van der Waals surface area contributed by atoms with Crippen LogP contribution < -0.4 is 5.32 Å². The SMILES string of the molecule is COC(=O)[C@H]1[C@@H](C)O[C@H]2[C@H](C)[C@@H](O)[C@@H]3O[C@@]21O[C@H]([C@@H](C)/C=C(C)/C=C/C(O)=C1C(=O)CNC1=O)[C@H]3C. The molecule has 1 spiro atoms. The number of hydrogen-bond acceptors (Lipinski definition) is 9. The van der Waals surface area contributed by atoms with Gasteiger partial charge in [-0.15, -0.1) is 0 Å². The molecule has 2 bridgehead atoms. The lowest BCUT2D eigenvalue weighted by molar-refractivity contribution is -0.405. The number of hydrogen-bond donors (Lipinski definition) is 3. The Morgan fingerprint density at radius 1 is 1.19 bits per heavy atom. The maximum Gasteiger partial charge on any atom is 0.316 e. The van der Waals surface area contributed by atoms with Gasteiger partial charge in [-0.2, -0.15) is 0 Å². The molecule has 0 aromatic carbocycles. The molecule has 4 saturated heterocycles. The van der Waals surface area contributed by atoms with Gasteiger partial charge >= 0.3 is 5.97 Å². The summed E-state index contributed by atoms with van der Waals surface area (Å²) in [6.07, 6.45) is 1.90. The molecule has 4 fully saturated rings. The van der Waals surface area contributed by atoms with Gasteiger partial charge in [0.1, 0.15) is 23.4 Å². The van der Waals surface area contributed by atoms with Gasteiger partial charge in [-0.05, 0) is 19.9 Å². The second-order valence-electron chi connectivity index (χ2n) is 10.3. The van der Waals surface area contributed by atoms with Gasteiger partial charge in [0, 0.05) is 17.8 Å². The molecule has 0 radical (unpaired) electrons. The molecule has 10 heteroatoms. The largest absolute Gasteiger partial charge is 0.507 e. The summed E-state index contributed by atoms with van der Waals surface area (Å²) in [7, 11) is 1.31. The highest BCUT2D eigenvalue weighted by Gasteiger charge is 2.71. The van der Waals surface area contributed by atoms with Gasteiger partial charge in [0.25, 0.3) is 5.91 Å². The van der Waals surface area contributed by atoms with Crippen LogP contribution in [0.5, 0.6) is 0 Å². The molecule has 4 rings (SSSR count). The summed E-state index contributed by atoms with van der Waals surface area (Å²) in [4.78, 5) is 36.3. The maximum absolute atomic E-state index is 12.8. The van der Waals surface area contributed by atoms with Gasteiger partial charge in [-0.1, -0.05) is 38.5 Å². The Morgan fingerprint density at radius 3 is 2.50 bits per heavy atom. The summed E-state index contributed by atoms with van der Waals surface area (Å²) in [5, 5.41) is 23.6. The zero-order valence-electron chi connectivity index (χ0n) is 21.4. The quantitative estimate of drug-likeness (QED) is 0.166. The Balaban J connectivity index is 1.61. The number of methoxy groups -OCH3 is 1. The number of rotatable bonds is 5. The molecule has 10 nitrogen and oxygen atoms in total. The summed E-state index contributed by atoms with van der Waals surface area (Å²) in [6, 6.07) is 0. The van der Waals surface area contributed by atoms with Crippen molar-refractivity contribution in [3.05, 3.63) is 35.1 Å². The van der Waals surface area contributed by atoms with Crippen molar-refractivity contribution in [3.63, 3.8) is 0 Å². The van der Waals surface area contributed by atoms with Gasteiger partial charge in [0.2, 0.25) is 5.79 Å². The van der Waals surface area contributed by atoms with Gasteiger partial charge in [-0.3, -0.25) is 14.4 Å². The minimum Gasteiger partial charge on any atom is -0.507 e. The number of amides is 1. The van der Waals surface area contributed by atoms with E-state index in [4.69, 9.17) is 18.9 Å². The van der Waals surface area contributed by atoms with Gasteiger partial charge in [0.15, 0.2) is 5.78 Å². The van der Waals surface area contributed by atoms with Crippen LogP contribution in [0, 0.1) is 23.7 Å². The van der Waals surface area contributed by atoms with Crippen LogP contribution in [-0.4, -0.2) is 77.8 Å². The number of carbonyl (C=O) groups is 3. The lowest BCUT2D eigenvalue weighted by Gasteiger charge is -2.57. The zero-order valence-corrected chi connectivity index (χ0v) is 21.4. The number of esters is 1. The molecule has 10 atom stereocenters. The van der Waals surface area contributed by atoms with E-state index in [1.54, 1.807) is 13.0 Å². The van der Waals surface area contributed by atoms with Crippen LogP contribution >= 0.6 is 0 Å². The van der Waals surface area contributed by atoms with E-state index >= 15 is 0 Å². The fourth-order valence-electron chi connectivity index (χ4n) is 6.04. The van der Waals surface area contributed by atoms with Crippen molar-refractivity contribution in [2.75, 3.05) is 13.7 Å². The molecule has 0 aromatic heterocycles. The summed E-state index contributed by atoms with van der Waals surface area (Å²) in [5.74, 6) is -4.82. The molecule has 4 aliphatic rings. The molecule has 1 amide bonds. The third-order valence-electron chi connectivity index (χ3n) is 7.87. The van der Waals surface area contributed by atoms with Crippen LogP contribution in [-0.2, 0) is 33.3 Å². The highest BCUT2D eigenvalue weighted by Crippen LogP contribution is 2.54. The average Bonchev–Trinajstić information content (AvgIpc) is 3.32. The first-order valence-electron chi connectivity index (χ1n) is 12.3.